The van der Waals surface area contributed by atoms with E-state index in [4.69, 9.17) is 9.84 Å². The molecule has 1 aromatic carbocycles. The molecule has 1 rings (SSSR count). The van der Waals surface area contributed by atoms with E-state index in [1.165, 1.54) is 13.2 Å². The first-order chi connectivity index (χ1) is 7.54. The van der Waals surface area contributed by atoms with Gasteiger partial charge in [0.15, 0.2) is 0 Å². The normalized spacial score (nSPS) is 10.1. The Morgan fingerprint density at radius 1 is 1.50 bits per heavy atom. The second kappa shape index (κ2) is 5.75. The van der Waals surface area contributed by atoms with Crippen molar-refractivity contribution in [3.8, 4) is 11.5 Å². The van der Waals surface area contributed by atoms with Crippen molar-refractivity contribution in [2.24, 2.45) is 0 Å². The van der Waals surface area contributed by atoms with Crippen LogP contribution in [-0.4, -0.2) is 23.3 Å². The van der Waals surface area contributed by atoms with E-state index in [1.54, 1.807) is 6.07 Å². The van der Waals surface area contributed by atoms with Crippen molar-refractivity contribution < 1.29 is 19.7 Å². The molecule has 16 heavy (non-hydrogen) atoms. The predicted octanol–water partition coefficient (Wildman–Crippen LogP) is 2.57. The first-order valence-electron chi connectivity index (χ1n) is 4.81. The third-order valence-corrected chi connectivity index (χ3v) is 2.81. The van der Waals surface area contributed by atoms with Crippen molar-refractivity contribution in [3.63, 3.8) is 0 Å². The van der Waals surface area contributed by atoms with Gasteiger partial charge in [-0.05, 0) is 40.4 Å². The molecular formula is C11H13BrO4. The number of ether oxygens (including phenoxy) is 1. The Kier molecular flexibility index (Phi) is 4.61. The zero-order valence-electron chi connectivity index (χ0n) is 8.86. The molecule has 88 valence electrons. The van der Waals surface area contributed by atoms with Crippen molar-refractivity contribution in [1.82, 2.24) is 0 Å². The fourth-order valence-electron chi connectivity index (χ4n) is 1.37. The Morgan fingerprint density at radius 3 is 2.75 bits per heavy atom. The van der Waals surface area contributed by atoms with Crippen LogP contribution in [0.4, 0.5) is 0 Å². The molecule has 5 heteroatoms. The molecule has 0 spiro atoms. The van der Waals surface area contributed by atoms with Crippen molar-refractivity contribution in [2.75, 3.05) is 7.11 Å². The fraction of sp³-hybridized carbons (Fsp3) is 0.364. The van der Waals surface area contributed by atoms with Crippen LogP contribution in [0, 0.1) is 0 Å². The topological polar surface area (TPSA) is 66.8 Å². The van der Waals surface area contributed by atoms with Gasteiger partial charge in [-0.15, -0.1) is 0 Å². The van der Waals surface area contributed by atoms with Gasteiger partial charge < -0.3 is 14.9 Å². The van der Waals surface area contributed by atoms with Gasteiger partial charge in [0.1, 0.15) is 11.5 Å². The number of halogens is 1. The number of hydrogen-bond acceptors (Lipinski definition) is 3. The number of benzene rings is 1. The van der Waals surface area contributed by atoms with Crippen molar-refractivity contribution in [2.45, 2.75) is 19.3 Å². The Bertz CT molecular complexity index is 390. The number of hydrogen-bond donors (Lipinski definition) is 2. The maximum absolute atomic E-state index is 10.4. The van der Waals surface area contributed by atoms with Crippen LogP contribution in [0.2, 0.25) is 0 Å². The lowest BCUT2D eigenvalue weighted by Crippen LogP contribution is -1.96. The van der Waals surface area contributed by atoms with E-state index < -0.39 is 5.97 Å². The minimum atomic E-state index is -0.827. The number of aryl methyl sites for hydroxylation is 1. The molecule has 4 nitrogen and oxygen atoms in total. The molecule has 1 aromatic rings. The molecule has 2 N–H and O–H groups in total. The highest BCUT2D eigenvalue weighted by molar-refractivity contribution is 9.10. The van der Waals surface area contributed by atoms with Crippen LogP contribution in [0.15, 0.2) is 16.6 Å². The maximum atomic E-state index is 10.4. The number of aliphatic carboxylic acids is 1. The number of rotatable bonds is 5. The summed E-state index contributed by atoms with van der Waals surface area (Å²) in [6.45, 7) is 0. The van der Waals surface area contributed by atoms with Crippen LogP contribution in [0.3, 0.4) is 0 Å². The number of carboxylic acid groups (broad SMARTS) is 1. The van der Waals surface area contributed by atoms with Gasteiger partial charge in [0.05, 0.1) is 11.6 Å². The molecule has 0 atom stereocenters. The van der Waals surface area contributed by atoms with Gasteiger partial charge in [0, 0.05) is 12.5 Å². The Hall–Kier alpha value is -1.23. The van der Waals surface area contributed by atoms with Crippen LogP contribution in [-0.2, 0) is 11.2 Å². The molecule has 0 unspecified atom stereocenters. The summed E-state index contributed by atoms with van der Waals surface area (Å²) in [6, 6.07) is 3.26. The summed E-state index contributed by atoms with van der Waals surface area (Å²) in [4.78, 5) is 10.4. The maximum Gasteiger partial charge on any atom is 0.303 e. The Morgan fingerprint density at radius 2 is 2.19 bits per heavy atom. The van der Waals surface area contributed by atoms with Crippen LogP contribution in [0.1, 0.15) is 18.4 Å². The van der Waals surface area contributed by atoms with E-state index in [-0.39, 0.29) is 12.2 Å². The smallest absolute Gasteiger partial charge is 0.303 e. The number of aromatic hydroxyl groups is 1. The van der Waals surface area contributed by atoms with E-state index in [0.717, 1.165) is 4.47 Å². The quantitative estimate of drug-likeness (QED) is 0.874. The molecule has 0 aromatic heterocycles. The van der Waals surface area contributed by atoms with Gasteiger partial charge in [-0.1, -0.05) is 0 Å². The van der Waals surface area contributed by atoms with E-state index in [0.29, 0.717) is 24.2 Å². The second-order valence-electron chi connectivity index (χ2n) is 3.36. The molecule has 0 aliphatic carbocycles. The first-order valence-corrected chi connectivity index (χ1v) is 5.61. The lowest BCUT2D eigenvalue weighted by molar-refractivity contribution is -0.137. The lowest BCUT2D eigenvalue weighted by atomic mass is 10.1. The van der Waals surface area contributed by atoms with Gasteiger partial charge >= 0.3 is 5.97 Å². The van der Waals surface area contributed by atoms with Crippen molar-refractivity contribution in [3.05, 3.63) is 22.2 Å². The highest BCUT2D eigenvalue weighted by Gasteiger charge is 2.08. The molecule has 0 radical (unpaired) electrons. The number of carboxylic acids is 1. The van der Waals surface area contributed by atoms with Crippen molar-refractivity contribution >= 4 is 21.9 Å². The monoisotopic (exact) mass is 288 g/mol. The third-order valence-electron chi connectivity index (χ3n) is 2.19. The molecule has 0 fully saturated rings. The van der Waals surface area contributed by atoms with Gasteiger partial charge in [-0.2, -0.15) is 0 Å². The number of carbonyl (C=O) groups is 1. The molecule has 0 aliphatic heterocycles. The molecule has 0 amide bonds. The predicted molar refractivity (Wildman–Crippen MR) is 62.9 cm³/mol. The lowest BCUT2D eigenvalue weighted by Gasteiger charge is -2.08. The molecule has 0 bridgehead atoms. The Labute approximate surface area is 102 Å². The van der Waals surface area contributed by atoms with Crippen molar-refractivity contribution in [1.29, 1.82) is 0 Å². The summed E-state index contributed by atoms with van der Waals surface area (Å²) in [6.07, 6.45) is 1.13. The minimum Gasteiger partial charge on any atom is -0.508 e. The fourth-order valence-corrected chi connectivity index (χ4v) is 1.92. The van der Waals surface area contributed by atoms with E-state index >= 15 is 0 Å². The molecule has 0 aliphatic rings. The van der Waals surface area contributed by atoms with Crippen LogP contribution < -0.4 is 4.74 Å². The summed E-state index contributed by atoms with van der Waals surface area (Å²) in [5, 5.41) is 18.2. The molecule has 0 saturated heterocycles. The van der Waals surface area contributed by atoms with Crippen LogP contribution in [0.5, 0.6) is 11.5 Å². The highest BCUT2D eigenvalue weighted by atomic mass is 79.9. The van der Waals surface area contributed by atoms with E-state index in [1.807, 2.05) is 0 Å². The second-order valence-corrected chi connectivity index (χ2v) is 4.22. The SMILES string of the molecule is COc1cc(O)c(CCCC(=O)O)cc1Br. The number of methoxy groups -OCH3 is 1. The average molecular weight is 289 g/mol. The van der Waals surface area contributed by atoms with E-state index in [9.17, 15) is 9.90 Å². The number of phenols is 1. The zero-order chi connectivity index (χ0) is 12.1. The Balaban J connectivity index is 2.73. The van der Waals surface area contributed by atoms with Crippen LogP contribution in [0.25, 0.3) is 0 Å². The summed E-state index contributed by atoms with van der Waals surface area (Å²) in [5.74, 6) is -0.142. The van der Waals surface area contributed by atoms with Gasteiger partial charge in [-0.25, -0.2) is 0 Å². The van der Waals surface area contributed by atoms with Gasteiger partial charge in [0.2, 0.25) is 0 Å². The summed E-state index contributed by atoms with van der Waals surface area (Å²) < 4.78 is 5.77. The van der Waals surface area contributed by atoms with Gasteiger partial charge in [0.25, 0.3) is 0 Å². The third kappa shape index (κ3) is 3.41. The molecule has 0 heterocycles. The first kappa shape index (κ1) is 12.8. The van der Waals surface area contributed by atoms with Gasteiger partial charge in [-0.3, -0.25) is 4.79 Å². The standard InChI is InChI=1S/C11H13BrO4/c1-16-10-6-9(13)7(5-8(10)12)3-2-4-11(14)15/h5-6,13H,2-4H2,1H3,(H,14,15). The summed E-state index contributed by atoms with van der Waals surface area (Å²) in [7, 11) is 1.52. The summed E-state index contributed by atoms with van der Waals surface area (Å²) in [5.41, 5.74) is 0.717. The number of phenolic OH excluding ortho intramolecular Hbond substituents is 1. The average Bonchev–Trinajstić information content (AvgIpc) is 2.22. The highest BCUT2D eigenvalue weighted by Crippen LogP contribution is 2.32. The summed E-state index contributed by atoms with van der Waals surface area (Å²) >= 11 is 3.31. The van der Waals surface area contributed by atoms with E-state index in [2.05, 4.69) is 15.9 Å². The van der Waals surface area contributed by atoms with Crippen LogP contribution >= 0.6 is 15.9 Å². The minimum absolute atomic E-state index is 0.100. The molecular weight excluding hydrogens is 276 g/mol. The molecule has 0 saturated carbocycles. The zero-order valence-corrected chi connectivity index (χ0v) is 10.5. The largest absolute Gasteiger partial charge is 0.508 e.